The number of nitrogens with two attached hydrogens (primary N) is 1. The van der Waals surface area contributed by atoms with E-state index >= 15 is 4.39 Å². The summed E-state index contributed by atoms with van der Waals surface area (Å²) in [5, 5.41) is 0. The highest BCUT2D eigenvalue weighted by Gasteiger charge is 2.65. The molecular weight excluding hydrogens is 461 g/mol. The molecule has 14 heteroatoms. The van der Waals surface area contributed by atoms with Gasteiger partial charge in [-0.1, -0.05) is 27.7 Å². The average Bonchev–Trinajstić information content (AvgIpc) is 3.28. The van der Waals surface area contributed by atoms with E-state index in [-0.39, 0.29) is 5.92 Å². The molecule has 2 fully saturated rings. The second-order valence-corrected chi connectivity index (χ2v) is 8.56. The van der Waals surface area contributed by atoms with Crippen molar-refractivity contribution in [2.45, 2.75) is 64.8 Å². The Bertz CT molecular complexity index is 1080. The lowest BCUT2D eigenvalue weighted by Gasteiger charge is -2.24. The second-order valence-electron chi connectivity index (χ2n) is 8.56. The first-order valence-electron chi connectivity index (χ1n) is 10.5. The van der Waals surface area contributed by atoms with Crippen molar-refractivity contribution in [3.8, 4) is 0 Å². The van der Waals surface area contributed by atoms with Gasteiger partial charge in [-0.3, -0.25) is 19.0 Å². The van der Waals surface area contributed by atoms with Gasteiger partial charge in [-0.2, -0.15) is 0 Å². The van der Waals surface area contributed by atoms with Crippen LogP contribution in [0, 0.1) is 11.8 Å². The molecule has 2 N–H and O–H groups in total. The maximum atomic E-state index is 15.6. The molecule has 1 aromatic heterocycles. The van der Waals surface area contributed by atoms with E-state index in [0.29, 0.717) is 4.57 Å². The molecule has 0 bridgehead atoms. The number of aromatic nitrogens is 2. The average molecular weight is 487 g/mol. The minimum atomic E-state index is -2.83. The predicted octanol–water partition coefficient (Wildman–Crippen LogP) is -0.208. The van der Waals surface area contributed by atoms with Gasteiger partial charge in [-0.05, 0) is 5.92 Å². The largest absolute Gasteiger partial charge is 0.509 e. The molecule has 0 aliphatic carbocycles. The van der Waals surface area contributed by atoms with Crippen LogP contribution in [0.15, 0.2) is 21.9 Å². The van der Waals surface area contributed by atoms with Crippen LogP contribution in [0.5, 0.6) is 0 Å². The third kappa shape index (κ3) is 4.82. The van der Waals surface area contributed by atoms with E-state index in [0.717, 1.165) is 16.8 Å². The molecule has 3 heterocycles. The van der Waals surface area contributed by atoms with Crippen LogP contribution in [-0.4, -0.2) is 57.9 Å². The van der Waals surface area contributed by atoms with Crippen LogP contribution >= 0.6 is 0 Å². The van der Waals surface area contributed by atoms with Crippen molar-refractivity contribution < 1.29 is 42.5 Å². The Morgan fingerprint density at radius 3 is 2.44 bits per heavy atom. The van der Waals surface area contributed by atoms with Crippen molar-refractivity contribution in [1.29, 1.82) is 0 Å². The third-order valence-corrected chi connectivity index (χ3v) is 5.36. The number of fused-ring (bicyclic) bond motifs is 1. The molecule has 3 rings (SSSR count). The van der Waals surface area contributed by atoms with E-state index in [2.05, 4.69) is 0 Å². The zero-order valence-electron chi connectivity index (χ0n) is 19.0. The first-order chi connectivity index (χ1) is 15.9. The van der Waals surface area contributed by atoms with Gasteiger partial charge in [0.1, 0.15) is 6.04 Å². The molecule has 13 nitrogen and oxygen atoms in total. The number of hydrogen-bond donors (Lipinski definition) is 1. The molecule has 0 radical (unpaired) electrons. The van der Waals surface area contributed by atoms with Gasteiger partial charge in [-0.15, -0.1) is 0 Å². The summed E-state index contributed by atoms with van der Waals surface area (Å²) in [7, 11) is 0. The van der Waals surface area contributed by atoms with Crippen LogP contribution in [0.25, 0.3) is 0 Å². The van der Waals surface area contributed by atoms with E-state index in [9.17, 15) is 24.0 Å². The first-order valence-corrected chi connectivity index (χ1v) is 10.5. The minimum Gasteiger partial charge on any atom is -0.459 e. The lowest BCUT2D eigenvalue weighted by molar-refractivity contribution is -0.220. The number of carbonyl (C=O) groups is 3. The summed E-state index contributed by atoms with van der Waals surface area (Å²) in [6, 6.07) is -0.0266. The van der Waals surface area contributed by atoms with Crippen molar-refractivity contribution in [1.82, 2.24) is 9.13 Å². The summed E-state index contributed by atoms with van der Waals surface area (Å²) < 4.78 is 41.9. The first kappa shape index (κ1) is 25.4. The Balaban J connectivity index is 1.87. The molecule has 34 heavy (non-hydrogen) atoms. The summed E-state index contributed by atoms with van der Waals surface area (Å²) in [5.41, 5.74) is 3.83. The van der Waals surface area contributed by atoms with Gasteiger partial charge in [0, 0.05) is 12.3 Å². The Labute approximate surface area is 192 Å². The molecule has 5 atom stereocenters. The van der Waals surface area contributed by atoms with Gasteiger partial charge in [0.25, 0.3) is 11.4 Å². The number of alkyl halides is 1. The molecule has 2 saturated heterocycles. The normalized spacial score (nSPS) is 26.7. The van der Waals surface area contributed by atoms with Gasteiger partial charge in [0.15, 0.2) is 25.7 Å². The molecule has 188 valence electrons. The number of carbonyl (C=O) groups excluding carboxylic acids is 3. The Kier molecular flexibility index (Phi) is 7.12. The van der Waals surface area contributed by atoms with Crippen molar-refractivity contribution in [3.63, 3.8) is 0 Å². The number of rotatable bonds is 8. The number of esters is 2. The van der Waals surface area contributed by atoms with Crippen molar-refractivity contribution >= 4 is 18.1 Å². The molecule has 1 aromatic rings. The zero-order valence-corrected chi connectivity index (χ0v) is 19.0. The Morgan fingerprint density at radius 1 is 1.15 bits per heavy atom. The smallest absolute Gasteiger partial charge is 0.459 e. The highest BCUT2D eigenvalue weighted by molar-refractivity contribution is 5.75. The molecule has 0 aromatic carbocycles. The molecule has 0 amide bonds. The summed E-state index contributed by atoms with van der Waals surface area (Å²) >= 11 is 0. The monoisotopic (exact) mass is 487 g/mol. The Hall–Kier alpha value is -3.26. The Morgan fingerprint density at radius 2 is 1.82 bits per heavy atom. The van der Waals surface area contributed by atoms with Crippen LogP contribution in [-0.2, 0) is 40.0 Å². The number of halogens is 1. The SMILES string of the molecule is CC(C)C(=O)OC[C@@]1(F)O[C@@H](n2ccc(=O)n(COC(=O)[C@@H](N)C(C)C)c2=O)[C@@H]2OC(=O)O[C@@H]21. The highest BCUT2D eigenvalue weighted by Crippen LogP contribution is 2.44. The molecule has 0 saturated carbocycles. The number of nitrogens with zero attached hydrogens (tertiary/aromatic N) is 2. The van der Waals surface area contributed by atoms with E-state index in [1.165, 1.54) is 13.8 Å². The standard InChI is InChI=1S/C20H26FN3O10/c1-9(2)12(22)17(27)31-8-24-11(25)5-6-23(18(24)28)15-13-14(33-19(29)32-13)20(21,34-15)7-30-16(26)10(3)4/h5-6,9-10,12-15H,7-8,22H2,1-4H3/t12-,13+,14-,15+,20+/m0/s1. The molecule has 0 unspecified atom stereocenters. The highest BCUT2D eigenvalue weighted by atomic mass is 19.2. The summed E-state index contributed by atoms with van der Waals surface area (Å²) in [5.74, 6) is -5.19. The number of hydrogen-bond acceptors (Lipinski definition) is 11. The van der Waals surface area contributed by atoms with E-state index in [4.69, 9.17) is 29.4 Å². The van der Waals surface area contributed by atoms with Gasteiger partial charge in [0.2, 0.25) is 6.10 Å². The van der Waals surface area contributed by atoms with Crippen molar-refractivity contribution in [2.75, 3.05) is 6.61 Å². The van der Waals surface area contributed by atoms with Gasteiger partial charge >= 0.3 is 23.8 Å². The fourth-order valence-corrected chi connectivity index (χ4v) is 3.26. The summed E-state index contributed by atoms with van der Waals surface area (Å²) in [4.78, 5) is 60.6. The van der Waals surface area contributed by atoms with Crippen LogP contribution in [0.3, 0.4) is 0 Å². The second kappa shape index (κ2) is 9.54. The van der Waals surface area contributed by atoms with Crippen molar-refractivity contribution in [2.24, 2.45) is 17.6 Å². The topological polar surface area (TPSA) is 167 Å². The fraction of sp³-hybridized carbons (Fsp3) is 0.650. The van der Waals surface area contributed by atoms with Crippen molar-refractivity contribution in [3.05, 3.63) is 33.1 Å². The molecular formula is C20H26FN3O10. The third-order valence-electron chi connectivity index (χ3n) is 5.36. The summed E-state index contributed by atoms with van der Waals surface area (Å²) in [6.45, 7) is 4.76. The minimum absolute atomic E-state index is 0.250. The van der Waals surface area contributed by atoms with Gasteiger partial charge < -0.3 is 29.4 Å². The van der Waals surface area contributed by atoms with E-state index in [1.807, 2.05) is 0 Å². The van der Waals surface area contributed by atoms with Crippen LogP contribution in [0.4, 0.5) is 9.18 Å². The summed E-state index contributed by atoms with van der Waals surface area (Å²) in [6.07, 6.45) is -4.87. The zero-order chi connectivity index (χ0) is 25.4. The maximum absolute atomic E-state index is 15.6. The van der Waals surface area contributed by atoms with Crippen LogP contribution < -0.4 is 17.0 Å². The molecule has 2 aliphatic heterocycles. The lowest BCUT2D eigenvalue weighted by Crippen LogP contribution is -2.44. The predicted molar refractivity (Wildman–Crippen MR) is 109 cm³/mol. The van der Waals surface area contributed by atoms with E-state index in [1.54, 1.807) is 13.8 Å². The molecule has 0 spiro atoms. The van der Waals surface area contributed by atoms with Crippen LogP contribution in [0.2, 0.25) is 0 Å². The van der Waals surface area contributed by atoms with E-state index < -0.39 is 78.9 Å². The van der Waals surface area contributed by atoms with Gasteiger partial charge in [0.05, 0.1) is 5.92 Å². The lowest BCUT2D eigenvalue weighted by atomic mass is 10.1. The quantitative estimate of drug-likeness (QED) is 0.381. The van der Waals surface area contributed by atoms with Gasteiger partial charge in [-0.25, -0.2) is 18.5 Å². The maximum Gasteiger partial charge on any atom is 0.509 e. The fourth-order valence-electron chi connectivity index (χ4n) is 3.26. The molecule has 2 aliphatic rings. The van der Waals surface area contributed by atoms with Crippen LogP contribution in [0.1, 0.15) is 33.9 Å². The number of ether oxygens (including phenoxy) is 5.